The van der Waals surface area contributed by atoms with Crippen LogP contribution < -0.4 is 0 Å². The Labute approximate surface area is 111 Å². The van der Waals surface area contributed by atoms with Crippen LogP contribution in [0.3, 0.4) is 0 Å². The van der Waals surface area contributed by atoms with Crippen LogP contribution in [-0.4, -0.2) is 4.98 Å². The van der Waals surface area contributed by atoms with Gasteiger partial charge in [-0.1, -0.05) is 6.07 Å². The Morgan fingerprint density at radius 1 is 1.32 bits per heavy atom. The Bertz CT molecular complexity index is 619. The van der Waals surface area contributed by atoms with E-state index in [4.69, 9.17) is 5.26 Å². The van der Waals surface area contributed by atoms with E-state index in [-0.39, 0.29) is 11.3 Å². The number of aromatic nitrogens is 1. The first-order chi connectivity index (χ1) is 9.00. The molecule has 0 N–H and O–H groups in total. The normalized spacial score (nSPS) is 12.2. The van der Waals surface area contributed by atoms with E-state index in [0.717, 1.165) is 17.1 Å². The molecule has 19 heavy (non-hydrogen) atoms. The standard InChI is InChI=1S/C13H7F3N2S/c14-13(15,16)10-3-4-12(18-8-10)9(7-17)6-11-2-1-5-19-11/h1-6,8H/b9-6+. The molecule has 0 aromatic carbocycles. The third kappa shape index (κ3) is 3.20. The molecule has 0 bridgehead atoms. The molecule has 2 aromatic rings. The number of hydrogen-bond acceptors (Lipinski definition) is 3. The van der Waals surface area contributed by atoms with Crippen LogP contribution in [0.4, 0.5) is 13.2 Å². The summed E-state index contributed by atoms with van der Waals surface area (Å²) in [5, 5.41) is 10.9. The van der Waals surface area contributed by atoms with E-state index in [1.165, 1.54) is 17.4 Å². The third-order valence-corrected chi connectivity index (χ3v) is 3.14. The fraction of sp³-hybridized carbons (Fsp3) is 0.0769. The summed E-state index contributed by atoms with van der Waals surface area (Å²) >= 11 is 1.43. The highest BCUT2D eigenvalue weighted by atomic mass is 32.1. The van der Waals surface area contributed by atoms with Crippen molar-refractivity contribution in [3.63, 3.8) is 0 Å². The van der Waals surface area contributed by atoms with Gasteiger partial charge in [0.1, 0.15) is 6.07 Å². The minimum Gasteiger partial charge on any atom is -0.255 e. The van der Waals surface area contributed by atoms with Gasteiger partial charge < -0.3 is 0 Å². The van der Waals surface area contributed by atoms with Crippen molar-refractivity contribution in [2.75, 3.05) is 0 Å². The molecule has 0 saturated heterocycles. The Morgan fingerprint density at radius 3 is 2.58 bits per heavy atom. The Balaban J connectivity index is 2.33. The number of nitriles is 1. The SMILES string of the molecule is N#C/C(=C\c1cccs1)c1ccc(C(F)(F)F)cn1. The predicted octanol–water partition coefficient (Wildman–Crippen LogP) is 4.23. The zero-order chi connectivity index (χ0) is 13.9. The van der Waals surface area contributed by atoms with E-state index < -0.39 is 11.7 Å². The molecule has 0 atom stereocenters. The number of allylic oxidation sites excluding steroid dienone is 1. The van der Waals surface area contributed by atoms with Gasteiger partial charge in [0.2, 0.25) is 0 Å². The van der Waals surface area contributed by atoms with Crippen molar-refractivity contribution in [2.24, 2.45) is 0 Å². The molecule has 0 spiro atoms. The van der Waals surface area contributed by atoms with Gasteiger partial charge >= 0.3 is 6.18 Å². The number of alkyl halides is 3. The van der Waals surface area contributed by atoms with Gasteiger partial charge in [0.15, 0.2) is 0 Å². The summed E-state index contributed by atoms with van der Waals surface area (Å²) in [5.74, 6) is 0. The molecule has 0 aliphatic rings. The lowest BCUT2D eigenvalue weighted by atomic mass is 10.1. The lowest BCUT2D eigenvalue weighted by molar-refractivity contribution is -0.137. The van der Waals surface area contributed by atoms with Crippen molar-refractivity contribution in [2.45, 2.75) is 6.18 Å². The van der Waals surface area contributed by atoms with Gasteiger partial charge in [-0.05, 0) is 29.7 Å². The molecule has 2 aromatic heterocycles. The van der Waals surface area contributed by atoms with Crippen LogP contribution in [-0.2, 0) is 6.18 Å². The minimum absolute atomic E-state index is 0.226. The van der Waals surface area contributed by atoms with Gasteiger partial charge in [0.25, 0.3) is 0 Å². The summed E-state index contributed by atoms with van der Waals surface area (Å²) in [4.78, 5) is 4.54. The summed E-state index contributed by atoms with van der Waals surface area (Å²) in [7, 11) is 0. The number of halogens is 3. The highest BCUT2D eigenvalue weighted by Gasteiger charge is 2.30. The molecule has 0 aliphatic heterocycles. The van der Waals surface area contributed by atoms with Crippen LogP contribution in [0.2, 0.25) is 0 Å². The summed E-state index contributed by atoms with van der Waals surface area (Å²) in [6, 6.07) is 7.69. The Hall–Kier alpha value is -2.13. The molecule has 0 aliphatic carbocycles. The van der Waals surface area contributed by atoms with Crippen LogP contribution in [0.1, 0.15) is 16.1 Å². The number of rotatable bonds is 2. The van der Waals surface area contributed by atoms with Crippen molar-refractivity contribution >= 4 is 23.0 Å². The third-order valence-electron chi connectivity index (χ3n) is 2.32. The topological polar surface area (TPSA) is 36.7 Å². The summed E-state index contributed by atoms with van der Waals surface area (Å²) in [5.41, 5.74) is -0.371. The van der Waals surface area contributed by atoms with E-state index in [1.54, 1.807) is 6.08 Å². The molecule has 2 rings (SSSR count). The molecule has 0 fully saturated rings. The molecular formula is C13H7F3N2S. The largest absolute Gasteiger partial charge is 0.417 e. The van der Waals surface area contributed by atoms with E-state index >= 15 is 0 Å². The fourth-order valence-electron chi connectivity index (χ4n) is 1.40. The van der Waals surface area contributed by atoms with Gasteiger partial charge in [0.05, 0.1) is 16.8 Å². The quantitative estimate of drug-likeness (QED) is 0.772. The lowest BCUT2D eigenvalue weighted by Gasteiger charge is -2.06. The second-order valence-corrected chi connectivity index (χ2v) is 4.59. The molecule has 96 valence electrons. The summed E-state index contributed by atoms with van der Waals surface area (Å²) in [6.45, 7) is 0. The molecule has 2 heterocycles. The average Bonchev–Trinajstić information content (AvgIpc) is 2.88. The van der Waals surface area contributed by atoms with E-state index in [0.29, 0.717) is 0 Å². The van der Waals surface area contributed by atoms with E-state index in [9.17, 15) is 13.2 Å². The van der Waals surface area contributed by atoms with E-state index in [1.807, 2.05) is 23.6 Å². The smallest absolute Gasteiger partial charge is 0.255 e. The maximum absolute atomic E-state index is 12.4. The van der Waals surface area contributed by atoms with Gasteiger partial charge in [-0.2, -0.15) is 18.4 Å². The Kier molecular flexibility index (Phi) is 3.67. The number of thiophene rings is 1. The number of pyridine rings is 1. The highest BCUT2D eigenvalue weighted by molar-refractivity contribution is 7.10. The van der Waals surface area contributed by atoms with Crippen molar-refractivity contribution in [1.82, 2.24) is 4.98 Å². The van der Waals surface area contributed by atoms with Gasteiger partial charge in [0, 0.05) is 11.1 Å². The van der Waals surface area contributed by atoms with Crippen molar-refractivity contribution < 1.29 is 13.2 Å². The van der Waals surface area contributed by atoms with Crippen LogP contribution in [0, 0.1) is 11.3 Å². The first-order valence-electron chi connectivity index (χ1n) is 5.19. The highest BCUT2D eigenvalue weighted by Crippen LogP contribution is 2.29. The summed E-state index contributed by atoms with van der Waals surface area (Å²) < 4.78 is 37.2. The Morgan fingerprint density at radius 2 is 2.11 bits per heavy atom. The molecule has 2 nitrogen and oxygen atoms in total. The molecule has 0 radical (unpaired) electrons. The summed E-state index contributed by atoms with van der Waals surface area (Å²) in [6.07, 6.45) is -2.09. The molecular weight excluding hydrogens is 273 g/mol. The first-order valence-corrected chi connectivity index (χ1v) is 6.07. The number of nitrogens with zero attached hydrogens (tertiary/aromatic N) is 2. The van der Waals surface area contributed by atoms with Crippen LogP contribution in [0.15, 0.2) is 35.8 Å². The first kappa shape index (κ1) is 13.3. The molecule has 0 unspecified atom stereocenters. The van der Waals surface area contributed by atoms with Gasteiger partial charge in [-0.25, -0.2) is 0 Å². The van der Waals surface area contributed by atoms with Crippen molar-refractivity contribution in [1.29, 1.82) is 5.26 Å². The minimum atomic E-state index is -4.42. The van der Waals surface area contributed by atoms with Crippen molar-refractivity contribution in [3.8, 4) is 6.07 Å². The zero-order valence-electron chi connectivity index (χ0n) is 9.48. The monoisotopic (exact) mass is 280 g/mol. The molecule has 0 amide bonds. The lowest BCUT2D eigenvalue weighted by Crippen LogP contribution is -2.05. The second-order valence-electron chi connectivity index (χ2n) is 3.62. The van der Waals surface area contributed by atoms with Crippen LogP contribution in [0.25, 0.3) is 11.6 Å². The maximum atomic E-state index is 12.4. The predicted molar refractivity (Wildman–Crippen MR) is 67.0 cm³/mol. The van der Waals surface area contributed by atoms with Crippen LogP contribution >= 0.6 is 11.3 Å². The number of hydrogen-bond donors (Lipinski definition) is 0. The van der Waals surface area contributed by atoms with E-state index in [2.05, 4.69) is 4.98 Å². The maximum Gasteiger partial charge on any atom is 0.417 e. The molecule has 6 heteroatoms. The van der Waals surface area contributed by atoms with Crippen LogP contribution in [0.5, 0.6) is 0 Å². The van der Waals surface area contributed by atoms with Gasteiger partial charge in [-0.3, -0.25) is 4.98 Å². The average molecular weight is 280 g/mol. The fourth-order valence-corrected chi connectivity index (χ4v) is 2.06. The second kappa shape index (κ2) is 5.24. The van der Waals surface area contributed by atoms with Crippen molar-refractivity contribution in [3.05, 3.63) is 52.0 Å². The molecule has 0 saturated carbocycles. The zero-order valence-corrected chi connectivity index (χ0v) is 10.3. The van der Waals surface area contributed by atoms with Gasteiger partial charge in [-0.15, -0.1) is 11.3 Å².